The van der Waals surface area contributed by atoms with E-state index in [4.69, 9.17) is 10.0 Å². The molecule has 2 atom stereocenters. The van der Waals surface area contributed by atoms with E-state index in [1.54, 1.807) is 13.8 Å². The molecule has 0 aromatic heterocycles. The average molecular weight is 348 g/mol. The number of hydrogen-bond acceptors (Lipinski definition) is 6. The molecule has 2 aliphatic heterocycles. The molecular weight excluding hydrogens is 328 g/mol. The molecule has 8 nitrogen and oxygen atoms in total. The molecule has 0 aliphatic carbocycles. The Bertz CT molecular complexity index is 675. The van der Waals surface area contributed by atoms with E-state index in [1.807, 2.05) is 30.3 Å². The zero-order chi connectivity index (χ0) is 18.6. The average Bonchev–Trinajstić information content (AvgIpc) is 2.97. The van der Waals surface area contributed by atoms with Gasteiger partial charge in [0, 0.05) is 24.7 Å². The van der Waals surface area contributed by atoms with Gasteiger partial charge in [-0.1, -0.05) is 44.2 Å². The summed E-state index contributed by atoms with van der Waals surface area (Å²) in [6.07, 6.45) is 0.378. The summed E-state index contributed by atoms with van der Waals surface area (Å²) < 4.78 is 0. The van der Waals surface area contributed by atoms with Crippen LogP contribution in [0.15, 0.2) is 30.3 Å². The van der Waals surface area contributed by atoms with E-state index in [2.05, 4.69) is 0 Å². The highest BCUT2D eigenvalue weighted by molar-refractivity contribution is 6.02. The second-order valence-electron chi connectivity index (χ2n) is 6.04. The van der Waals surface area contributed by atoms with Gasteiger partial charge in [0.15, 0.2) is 0 Å². The molecule has 2 heterocycles. The Balaban J connectivity index is 0.000000212. The number of amides is 4. The Hall–Kier alpha value is -2.58. The Morgan fingerprint density at radius 3 is 1.92 bits per heavy atom. The maximum Gasteiger partial charge on any atom is 0.256 e. The monoisotopic (exact) mass is 348 g/mol. The summed E-state index contributed by atoms with van der Waals surface area (Å²) in [5, 5.41) is 9.64. The standard InChI is InChI=1S/C12H13NO3.C5H7NO3/c1-9-7-11(14)13(12(9)15)16-8-10-5-3-2-4-6-10;1-3-2-4(7)6(9)5(3)8/h2-6,9H,7-8H2,1H3;3,9H,2H2,1H3. The fraction of sp³-hybridized carbons (Fsp3) is 0.412. The maximum atomic E-state index is 11.5. The largest absolute Gasteiger partial charge is 0.279 e. The highest BCUT2D eigenvalue weighted by Gasteiger charge is 2.37. The minimum Gasteiger partial charge on any atom is -0.279 e. The molecule has 2 fully saturated rings. The van der Waals surface area contributed by atoms with Gasteiger partial charge < -0.3 is 0 Å². The third-order valence-electron chi connectivity index (χ3n) is 3.88. The number of hydrogen-bond donors (Lipinski definition) is 1. The van der Waals surface area contributed by atoms with Crippen molar-refractivity contribution in [2.75, 3.05) is 0 Å². The number of carbonyl (C=O) groups excluding carboxylic acids is 4. The van der Waals surface area contributed by atoms with Crippen LogP contribution < -0.4 is 0 Å². The molecule has 1 N–H and O–H groups in total. The van der Waals surface area contributed by atoms with Gasteiger partial charge in [-0.25, -0.2) is 0 Å². The lowest BCUT2D eigenvalue weighted by atomic mass is 10.1. The first-order valence-electron chi connectivity index (χ1n) is 7.90. The van der Waals surface area contributed by atoms with E-state index >= 15 is 0 Å². The summed E-state index contributed by atoms with van der Waals surface area (Å²) in [5.74, 6) is -2.12. The van der Waals surface area contributed by atoms with E-state index in [0.717, 1.165) is 10.6 Å². The van der Waals surface area contributed by atoms with Gasteiger partial charge >= 0.3 is 0 Å². The fourth-order valence-corrected chi connectivity index (χ4v) is 2.37. The Kier molecular flexibility index (Phi) is 6.00. The normalized spacial score (nSPS) is 23.2. The van der Waals surface area contributed by atoms with Crippen LogP contribution in [0, 0.1) is 11.8 Å². The Labute approximate surface area is 144 Å². The van der Waals surface area contributed by atoms with Crippen LogP contribution in [0.25, 0.3) is 0 Å². The molecule has 4 amide bonds. The van der Waals surface area contributed by atoms with Crippen LogP contribution in [0.3, 0.4) is 0 Å². The lowest BCUT2D eigenvalue weighted by Gasteiger charge is -2.13. The molecular formula is C17H20N2O6. The summed E-state index contributed by atoms with van der Waals surface area (Å²) in [6.45, 7) is 3.58. The quantitative estimate of drug-likeness (QED) is 0.652. The molecule has 1 aromatic carbocycles. The number of nitrogens with zero attached hydrogens (tertiary/aromatic N) is 2. The van der Waals surface area contributed by atoms with Crippen molar-refractivity contribution in [2.45, 2.75) is 33.3 Å². The third kappa shape index (κ3) is 4.49. The molecule has 8 heteroatoms. The van der Waals surface area contributed by atoms with E-state index in [9.17, 15) is 19.2 Å². The predicted molar refractivity (Wildman–Crippen MR) is 84.3 cm³/mol. The van der Waals surface area contributed by atoms with Crippen LogP contribution in [0.1, 0.15) is 32.3 Å². The smallest absolute Gasteiger partial charge is 0.256 e. The molecule has 0 spiro atoms. The minimum absolute atomic E-state index is 0.134. The van der Waals surface area contributed by atoms with E-state index in [0.29, 0.717) is 0 Å². The van der Waals surface area contributed by atoms with Crippen molar-refractivity contribution in [3.8, 4) is 0 Å². The first-order valence-corrected chi connectivity index (χ1v) is 7.90. The van der Waals surface area contributed by atoms with Crippen molar-refractivity contribution in [3.05, 3.63) is 35.9 Å². The summed E-state index contributed by atoms with van der Waals surface area (Å²) in [4.78, 5) is 49.2. The summed E-state index contributed by atoms with van der Waals surface area (Å²) in [7, 11) is 0. The zero-order valence-corrected chi connectivity index (χ0v) is 14.0. The molecule has 0 radical (unpaired) electrons. The topological polar surface area (TPSA) is 104 Å². The van der Waals surface area contributed by atoms with Gasteiger partial charge in [0.25, 0.3) is 23.6 Å². The van der Waals surface area contributed by atoms with Crippen LogP contribution in [-0.4, -0.2) is 39.0 Å². The van der Waals surface area contributed by atoms with Crippen LogP contribution in [0.5, 0.6) is 0 Å². The van der Waals surface area contributed by atoms with E-state index in [1.165, 1.54) is 0 Å². The summed E-state index contributed by atoms with van der Waals surface area (Å²) in [5.41, 5.74) is 0.933. The molecule has 25 heavy (non-hydrogen) atoms. The van der Waals surface area contributed by atoms with Gasteiger partial charge in [-0.15, -0.1) is 0 Å². The zero-order valence-electron chi connectivity index (χ0n) is 14.0. The number of imide groups is 2. The van der Waals surface area contributed by atoms with Crippen molar-refractivity contribution >= 4 is 23.6 Å². The van der Waals surface area contributed by atoms with Gasteiger partial charge in [-0.2, -0.15) is 10.1 Å². The first-order chi connectivity index (χ1) is 11.8. The van der Waals surface area contributed by atoms with Gasteiger partial charge in [-0.05, 0) is 5.56 Å². The van der Waals surface area contributed by atoms with Gasteiger partial charge in [-0.3, -0.25) is 29.2 Å². The van der Waals surface area contributed by atoms with Gasteiger partial charge in [0.05, 0.1) is 0 Å². The molecule has 134 valence electrons. The second-order valence-corrected chi connectivity index (χ2v) is 6.04. The van der Waals surface area contributed by atoms with Crippen molar-refractivity contribution in [1.29, 1.82) is 0 Å². The van der Waals surface area contributed by atoms with Crippen molar-refractivity contribution in [2.24, 2.45) is 11.8 Å². The summed E-state index contributed by atoms with van der Waals surface area (Å²) >= 11 is 0. The number of benzene rings is 1. The van der Waals surface area contributed by atoms with E-state index < -0.39 is 11.8 Å². The molecule has 1 aromatic rings. The molecule has 2 saturated heterocycles. The van der Waals surface area contributed by atoms with E-state index in [-0.39, 0.29) is 48.2 Å². The second kappa shape index (κ2) is 8.00. The third-order valence-corrected chi connectivity index (χ3v) is 3.88. The molecule has 2 aliphatic rings. The lowest BCUT2D eigenvalue weighted by Crippen LogP contribution is -2.30. The van der Waals surface area contributed by atoms with Crippen molar-refractivity contribution in [1.82, 2.24) is 10.1 Å². The molecule has 2 unspecified atom stereocenters. The minimum atomic E-state index is -0.507. The molecule has 0 saturated carbocycles. The number of rotatable bonds is 3. The summed E-state index contributed by atoms with van der Waals surface area (Å²) in [6, 6.07) is 9.44. The fourth-order valence-electron chi connectivity index (χ4n) is 2.37. The van der Waals surface area contributed by atoms with Crippen LogP contribution in [0.2, 0.25) is 0 Å². The predicted octanol–water partition coefficient (Wildman–Crippen LogP) is 1.28. The van der Waals surface area contributed by atoms with Crippen molar-refractivity contribution in [3.63, 3.8) is 0 Å². The maximum absolute atomic E-state index is 11.5. The highest BCUT2D eigenvalue weighted by atomic mass is 16.7. The SMILES string of the molecule is CC1CC(=O)N(O)C1=O.CC1CC(=O)N(OCc2ccccc2)C1=O. The Morgan fingerprint density at radius 1 is 0.960 bits per heavy atom. The van der Waals surface area contributed by atoms with Crippen LogP contribution in [-0.2, 0) is 30.6 Å². The number of hydroxylamine groups is 4. The van der Waals surface area contributed by atoms with Gasteiger partial charge in [0.1, 0.15) is 6.61 Å². The van der Waals surface area contributed by atoms with Crippen LogP contribution in [0.4, 0.5) is 0 Å². The lowest BCUT2D eigenvalue weighted by molar-refractivity contribution is -0.192. The molecule has 0 bridgehead atoms. The van der Waals surface area contributed by atoms with Crippen molar-refractivity contribution < 1.29 is 29.2 Å². The molecule has 3 rings (SSSR count). The van der Waals surface area contributed by atoms with Gasteiger partial charge in [0.2, 0.25) is 0 Å². The highest BCUT2D eigenvalue weighted by Crippen LogP contribution is 2.19. The number of carbonyl (C=O) groups is 4. The first kappa shape index (κ1) is 18.8. The van der Waals surface area contributed by atoms with Crippen LogP contribution >= 0.6 is 0 Å². The Morgan fingerprint density at radius 2 is 1.52 bits per heavy atom.